The summed E-state index contributed by atoms with van der Waals surface area (Å²) in [5.74, 6) is -1.26. The first kappa shape index (κ1) is 13.6. The van der Waals surface area contributed by atoms with Gasteiger partial charge in [0.2, 0.25) is 6.29 Å². The monoisotopic (exact) mass is 270 g/mol. The van der Waals surface area contributed by atoms with Crippen molar-refractivity contribution in [1.29, 1.82) is 0 Å². The molecule has 1 amide bonds. The minimum Gasteiger partial charge on any atom is -0.504 e. The zero-order valence-electron chi connectivity index (χ0n) is 10.4. The van der Waals surface area contributed by atoms with E-state index in [2.05, 4.69) is 5.32 Å². The van der Waals surface area contributed by atoms with Gasteiger partial charge in [-0.25, -0.2) is 0 Å². The zero-order valence-corrected chi connectivity index (χ0v) is 10.4. The fourth-order valence-corrected chi connectivity index (χ4v) is 1.71. The first-order valence-electron chi connectivity index (χ1n) is 5.87. The number of hydrogen-bond acceptors (Lipinski definition) is 4. The van der Waals surface area contributed by atoms with Crippen LogP contribution in [0, 0.1) is 0 Å². The van der Waals surface area contributed by atoms with E-state index in [1.54, 1.807) is 36.6 Å². The third-order valence-electron chi connectivity index (χ3n) is 2.76. The summed E-state index contributed by atoms with van der Waals surface area (Å²) >= 11 is 0. The van der Waals surface area contributed by atoms with Crippen LogP contribution in [0.3, 0.4) is 0 Å². The number of amides is 1. The van der Waals surface area contributed by atoms with Crippen LogP contribution in [-0.4, -0.2) is 22.4 Å². The van der Waals surface area contributed by atoms with E-state index >= 15 is 0 Å². The molecule has 0 aromatic heterocycles. The summed E-state index contributed by atoms with van der Waals surface area (Å²) in [6.45, 7) is 0. The predicted octanol–water partition coefficient (Wildman–Crippen LogP) is 1.68. The average molecular weight is 270 g/mol. The number of carbonyl (C=O) groups is 1. The van der Waals surface area contributed by atoms with Crippen molar-refractivity contribution in [2.75, 3.05) is 0 Å². The highest BCUT2D eigenvalue weighted by Crippen LogP contribution is 2.25. The third-order valence-corrected chi connectivity index (χ3v) is 2.76. The number of phenols is 2. The summed E-state index contributed by atoms with van der Waals surface area (Å²) in [5, 5.41) is 21.0. The van der Waals surface area contributed by atoms with Crippen LogP contribution < -0.4 is 5.32 Å². The fourth-order valence-electron chi connectivity index (χ4n) is 1.71. The molecule has 2 rings (SSSR count). The Labute approximate surface area is 115 Å². The number of benzene rings is 2. The zero-order chi connectivity index (χ0) is 14.5. The molecule has 0 heterocycles. The first-order chi connectivity index (χ1) is 9.61. The number of phenolic OH excluding ortho intramolecular Hbond substituents is 2. The Morgan fingerprint density at radius 3 is 2.35 bits per heavy atom. The van der Waals surface area contributed by atoms with Gasteiger partial charge in [0.1, 0.15) is 6.04 Å². The minimum atomic E-state index is -0.889. The number of nitrogens with one attached hydrogen (secondary N) is 1. The fraction of sp³-hybridized carbons (Fsp3) is 0.0667. The maximum atomic E-state index is 12.0. The summed E-state index contributed by atoms with van der Waals surface area (Å²) in [4.78, 5) is 22.9. The van der Waals surface area contributed by atoms with Crippen LogP contribution in [0.25, 0.3) is 0 Å². The van der Waals surface area contributed by atoms with Gasteiger partial charge in [0, 0.05) is 5.56 Å². The highest BCUT2D eigenvalue weighted by Gasteiger charge is 2.16. The van der Waals surface area contributed by atoms with Gasteiger partial charge in [-0.3, -0.25) is 9.59 Å². The third kappa shape index (κ3) is 2.95. The van der Waals surface area contributed by atoms with Crippen LogP contribution in [0.15, 0.2) is 48.5 Å². The van der Waals surface area contributed by atoms with Gasteiger partial charge in [-0.15, -0.1) is 0 Å². The van der Waals surface area contributed by atoms with Gasteiger partial charge in [0.05, 0.1) is 0 Å². The Bertz CT molecular complexity index is 625. The van der Waals surface area contributed by atoms with Crippen molar-refractivity contribution >= 4 is 12.2 Å². The highest BCUT2D eigenvalue weighted by molar-refractivity contribution is 5.96. The first-order valence-corrected chi connectivity index (χ1v) is 5.87. The lowest BCUT2D eigenvalue weighted by atomic mass is 10.1. The van der Waals surface area contributed by atoms with E-state index in [4.69, 9.17) is 0 Å². The van der Waals surface area contributed by atoms with Crippen molar-refractivity contribution in [3.05, 3.63) is 59.7 Å². The molecule has 3 N–H and O–H groups in total. The van der Waals surface area contributed by atoms with Gasteiger partial charge in [0.25, 0.3) is 5.91 Å². The number of rotatable bonds is 4. The standard InChI is InChI=1S/C15H12NO4/c17-9-12(10-4-2-1-3-5-10)16-15(20)11-6-7-13(18)14(19)8-11/h1-8,12,18-19H,(H,16,20). The molecule has 0 fully saturated rings. The number of hydrogen-bond donors (Lipinski definition) is 3. The number of aromatic hydroxyl groups is 2. The Morgan fingerprint density at radius 1 is 1.05 bits per heavy atom. The molecule has 0 aliphatic rings. The van der Waals surface area contributed by atoms with Gasteiger partial charge >= 0.3 is 0 Å². The molecule has 2 aromatic carbocycles. The molecule has 0 spiro atoms. The van der Waals surface area contributed by atoms with Crippen LogP contribution in [0.5, 0.6) is 11.5 Å². The van der Waals surface area contributed by atoms with Crippen molar-refractivity contribution < 1.29 is 19.8 Å². The molecule has 5 nitrogen and oxygen atoms in total. The van der Waals surface area contributed by atoms with Crippen molar-refractivity contribution in [3.8, 4) is 11.5 Å². The molecule has 0 aliphatic heterocycles. The summed E-state index contributed by atoms with van der Waals surface area (Å²) in [6, 6.07) is 11.5. The molecular formula is C15H12NO4. The summed E-state index contributed by atoms with van der Waals surface area (Å²) < 4.78 is 0. The maximum Gasteiger partial charge on any atom is 0.252 e. The number of carbonyl (C=O) groups excluding carboxylic acids is 2. The van der Waals surface area contributed by atoms with Crippen molar-refractivity contribution in [3.63, 3.8) is 0 Å². The normalized spacial score (nSPS) is 11.6. The van der Waals surface area contributed by atoms with Gasteiger partial charge in [0.15, 0.2) is 11.5 Å². The van der Waals surface area contributed by atoms with Gasteiger partial charge in [-0.1, -0.05) is 30.3 Å². The second-order valence-corrected chi connectivity index (χ2v) is 4.14. The Balaban J connectivity index is 2.17. The van der Waals surface area contributed by atoms with Crippen LogP contribution in [0.2, 0.25) is 0 Å². The molecule has 20 heavy (non-hydrogen) atoms. The van der Waals surface area contributed by atoms with E-state index in [1.165, 1.54) is 12.1 Å². The van der Waals surface area contributed by atoms with Gasteiger partial charge < -0.3 is 15.5 Å². The second kappa shape index (κ2) is 5.88. The van der Waals surface area contributed by atoms with E-state index in [0.29, 0.717) is 5.56 Å². The molecular weight excluding hydrogens is 258 g/mol. The molecule has 101 valence electrons. The maximum absolute atomic E-state index is 12.0. The predicted molar refractivity (Wildman–Crippen MR) is 72.1 cm³/mol. The molecule has 0 aliphatic carbocycles. The summed E-state index contributed by atoms with van der Waals surface area (Å²) in [5.41, 5.74) is 0.746. The second-order valence-electron chi connectivity index (χ2n) is 4.14. The molecule has 5 heteroatoms. The Kier molecular flexibility index (Phi) is 4.00. The van der Waals surface area contributed by atoms with Crippen molar-refractivity contribution in [1.82, 2.24) is 5.32 Å². The molecule has 0 saturated carbocycles. The lowest BCUT2D eigenvalue weighted by Crippen LogP contribution is -2.29. The smallest absolute Gasteiger partial charge is 0.252 e. The van der Waals surface area contributed by atoms with E-state index in [9.17, 15) is 19.8 Å². The van der Waals surface area contributed by atoms with E-state index in [1.807, 2.05) is 0 Å². The van der Waals surface area contributed by atoms with E-state index in [-0.39, 0.29) is 11.3 Å². The molecule has 2 aromatic rings. The molecule has 1 unspecified atom stereocenters. The lowest BCUT2D eigenvalue weighted by Gasteiger charge is -2.12. The van der Waals surface area contributed by atoms with E-state index < -0.39 is 17.7 Å². The SMILES string of the molecule is O=[C]C(NC(=O)c1ccc(O)c(O)c1)c1ccccc1. The van der Waals surface area contributed by atoms with Gasteiger partial charge in [-0.2, -0.15) is 0 Å². The molecule has 1 atom stereocenters. The topological polar surface area (TPSA) is 86.6 Å². The molecule has 0 saturated heterocycles. The minimum absolute atomic E-state index is 0.136. The largest absolute Gasteiger partial charge is 0.504 e. The van der Waals surface area contributed by atoms with Crippen molar-refractivity contribution in [2.45, 2.75) is 6.04 Å². The van der Waals surface area contributed by atoms with Crippen LogP contribution in [0.1, 0.15) is 22.0 Å². The molecule has 0 bridgehead atoms. The van der Waals surface area contributed by atoms with E-state index in [0.717, 1.165) is 6.07 Å². The lowest BCUT2D eigenvalue weighted by molar-refractivity contribution is 0.0945. The Hall–Kier alpha value is -2.82. The summed E-state index contributed by atoms with van der Waals surface area (Å²) in [6.07, 6.45) is 1.75. The molecule has 1 radical (unpaired) electrons. The van der Waals surface area contributed by atoms with Gasteiger partial charge in [-0.05, 0) is 23.8 Å². The van der Waals surface area contributed by atoms with Crippen LogP contribution in [0.4, 0.5) is 0 Å². The van der Waals surface area contributed by atoms with Crippen LogP contribution >= 0.6 is 0 Å². The highest BCUT2D eigenvalue weighted by atomic mass is 16.3. The van der Waals surface area contributed by atoms with Crippen molar-refractivity contribution in [2.24, 2.45) is 0 Å². The Morgan fingerprint density at radius 2 is 1.75 bits per heavy atom. The quantitative estimate of drug-likeness (QED) is 0.738. The average Bonchev–Trinajstić information content (AvgIpc) is 2.48. The summed E-state index contributed by atoms with van der Waals surface area (Å²) in [7, 11) is 0. The van der Waals surface area contributed by atoms with Crippen LogP contribution in [-0.2, 0) is 4.79 Å².